The van der Waals surface area contributed by atoms with Crippen LogP contribution >= 0.6 is 0 Å². The van der Waals surface area contributed by atoms with Crippen LogP contribution in [0, 0.1) is 13.8 Å². The lowest BCUT2D eigenvalue weighted by Crippen LogP contribution is -2.29. The molecule has 0 radical (unpaired) electrons. The molecule has 0 unspecified atom stereocenters. The fourth-order valence-electron chi connectivity index (χ4n) is 2.40. The molecule has 25 heavy (non-hydrogen) atoms. The van der Waals surface area contributed by atoms with Gasteiger partial charge in [0.05, 0.1) is 12.8 Å². The Balaban J connectivity index is 1.56. The van der Waals surface area contributed by atoms with E-state index in [0.29, 0.717) is 32.5 Å². The van der Waals surface area contributed by atoms with E-state index < -0.39 is 0 Å². The summed E-state index contributed by atoms with van der Waals surface area (Å²) in [5, 5.41) is 5.52. The van der Waals surface area contributed by atoms with Crippen molar-refractivity contribution in [3.05, 3.63) is 53.5 Å². The van der Waals surface area contributed by atoms with Crippen molar-refractivity contribution in [1.82, 2.24) is 10.6 Å². The second kappa shape index (κ2) is 9.52. The van der Waals surface area contributed by atoms with Crippen LogP contribution in [-0.4, -0.2) is 31.5 Å². The van der Waals surface area contributed by atoms with Gasteiger partial charge in [-0.3, -0.25) is 9.59 Å². The molecule has 0 spiro atoms. The Labute approximate surface area is 147 Å². The molecule has 2 N–H and O–H groups in total. The number of nitrogens with one attached hydrogen (secondary N) is 2. The minimum absolute atomic E-state index is 0.0580. The van der Waals surface area contributed by atoms with Crippen LogP contribution in [0.15, 0.2) is 41.0 Å². The van der Waals surface area contributed by atoms with E-state index in [1.54, 1.807) is 12.1 Å². The highest BCUT2D eigenvalue weighted by Gasteiger charge is 2.08. The average molecular weight is 344 g/mol. The molecule has 2 aromatic rings. The summed E-state index contributed by atoms with van der Waals surface area (Å²) in [6.07, 6.45) is 2.36. The van der Waals surface area contributed by atoms with Crippen LogP contribution in [0.1, 0.15) is 34.5 Å². The molecule has 0 aliphatic heterocycles. The number of hydrogen-bond acceptors (Lipinski definition) is 4. The molecule has 1 aromatic carbocycles. The van der Waals surface area contributed by atoms with Gasteiger partial charge in [0.25, 0.3) is 5.91 Å². The Morgan fingerprint density at radius 3 is 2.48 bits per heavy atom. The van der Waals surface area contributed by atoms with Gasteiger partial charge in [-0.15, -0.1) is 0 Å². The molecule has 0 saturated heterocycles. The molecule has 1 heterocycles. The first kappa shape index (κ1) is 18.6. The minimum Gasteiger partial charge on any atom is -0.491 e. The lowest BCUT2D eigenvalue weighted by Gasteiger charge is -2.12. The highest BCUT2D eigenvalue weighted by Crippen LogP contribution is 2.21. The van der Waals surface area contributed by atoms with Gasteiger partial charge in [-0.25, -0.2) is 0 Å². The summed E-state index contributed by atoms with van der Waals surface area (Å²) in [5.74, 6) is 0.815. The summed E-state index contributed by atoms with van der Waals surface area (Å²) in [7, 11) is 0. The van der Waals surface area contributed by atoms with Crippen molar-refractivity contribution < 1.29 is 18.7 Å². The molecule has 6 nitrogen and oxygen atoms in total. The van der Waals surface area contributed by atoms with Crippen molar-refractivity contribution in [3.63, 3.8) is 0 Å². The normalized spacial score (nSPS) is 10.3. The van der Waals surface area contributed by atoms with E-state index in [9.17, 15) is 9.59 Å². The number of ether oxygens (including phenoxy) is 1. The monoisotopic (exact) mass is 344 g/mol. The summed E-state index contributed by atoms with van der Waals surface area (Å²) in [5.41, 5.74) is 2.16. The summed E-state index contributed by atoms with van der Waals surface area (Å²) >= 11 is 0. The molecule has 0 aliphatic carbocycles. The number of hydrogen-bond donors (Lipinski definition) is 2. The van der Waals surface area contributed by atoms with Gasteiger partial charge in [0.1, 0.15) is 12.4 Å². The van der Waals surface area contributed by atoms with Crippen LogP contribution in [0.25, 0.3) is 0 Å². The molecule has 2 rings (SSSR count). The molecule has 1 aromatic heterocycles. The first-order chi connectivity index (χ1) is 12.1. The lowest BCUT2D eigenvalue weighted by molar-refractivity contribution is -0.121. The van der Waals surface area contributed by atoms with Gasteiger partial charge in [0.15, 0.2) is 5.76 Å². The molecule has 0 saturated carbocycles. The van der Waals surface area contributed by atoms with Gasteiger partial charge in [0, 0.05) is 13.0 Å². The Bertz CT molecular complexity index is 675. The fourth-order valence-corrected chi connectivity index (χ4v) is 2.40. The SMILES string of the molecule is Cc1cccc(C)c1OCCNC(=O)CCCNC(=O)c1ccco1. The molecule has 6 heteroatoms. The van der Waals surface area contributed by atoms with E-state index in [-0.39, 0.29) is 17.6 Å². The second-order valence-electron chi connectivity index (χ2n) is 5.76. The van der Waals surface area contributed by atoms with Crippen molar-refractivity contribution in [3.8, 4) is 5.75 Å². The van der Waals surface area contributed by atoms with Gasteiger partial charge < -0.3 is 19.8 Å². The topological polar surface area (TPSA) is 80.6 Å². The highest BCUT2D eigenvalue weighted by molar-refractivity contribution is 5.91. The molecule has 0 aliphatic rings. The number of carbonyl (C=O) groups excluding carboxylic acids is 2. The van der Waals surface area contributed by atoms with Crippen molar-refractivity contribution in [1.29, 1.82) is 0 Å². The molecule has 0 bridgehead atoms. The van der Waals surface area contributed by atoms with Gasteiger partial charge >= 0.3 is 0 Å². The molecule has 0 atom stereocenters. The minimum atomic E-state index is -0.271. The molecule has 134 valence electrons. The van der Waals surface area contributed by atoms with Gasteiger partial charge in [-0.05, 0) is 43.5 Å². The van der Waals surface area contributed by atoms with E-state index in [1.165, 1.54) is 6.26 Å². The number of benzene rings is 1. The number of rotatable bonds is 9. The van der Waals surface area contributed by atoms with Crippen molar-refractivity contribution in [2.75, 3.05) is 19.7 Å². The van der Waals surface area contributed by atoms with Crippen molar-refractivity contribution in [2.24, 2.45) is 0 Å². The van der Waals surface area contributed by atoms with Gasteiger partial charge in [0.2, 0.25) is 5.91 Å². The van der Waals surface area contributed by atoms with E-state index in [1.807, 2.05) is 32.0 Å². The average Bonchev–Trinajstić information content (AvgIpc) is 3.12. The zero-order chi connectivity index (χ0) is 18.1. The summed E-state index contributed by atoms with van der Waals surface area (Å²) in [6.45, 7) is 5.29. The molecule has 2 amide bonds. The summed E-state index contributed by atoms with van der Waals surface area (Å²) in [4.78, 5) is 23.4. The maximum Gasteiger partial charge on any atom is 0.286 e. The molecule has 0 fully saturated rings. The smallest absolute Gasteiger partial charge is 0.286 e. The van der Waals surface area contributed by atoms with E-state index in [4.69, 9.17) is 9.15 Å². The van der Waals surface area contributed by atoms with Crippen LogP contribution < -0.4 is 15.4 Å². The van der Waals surface area contributed by atoms with Gasteiger partial charge in [-0.1, -0.05) is 18.2 Å². The maximum atomic E-state index is 11.8. The van der Waals surface area contributed by atoms with Gasteiger partial charge in [-0.2, -0.15) is 0 Å². The first-order valence-electron chi connectivity index (χ1n) is 8.35. The Kier molecular flexibility index (Phi) is 7.07. The van der Waals surface area contributed by atoms with E-state index >= 15 is 0 Å². The highest BCUT2D eigenvalue weighted by atomic mass is 16.5. The predicted octanol–water partition coefficient (Wildman–Crippen LogP) is 2.60. The number of carbonyl (C=O) groups is 2. The Morgan fingerprint density at radius 2 is 1.80 bits per heavy atom. The predicted molar refractivity (Wildman–Crippen MR) is 94.7 cm³/mol. The Morgan fingerprint density at radius 1 is 1.04 bits per heavy atom. The maximum absolute atomic E-state index is 11.8. The zero-order valence-corrected chi connectivity index (χ0v) is 14.6. The first-order valence-corrected chi connectivity index (χ1v) is 8.35. The fraction of sp³-hybridized carbons (Fsp3) is 0.368. The summed E-state index contributed by atoms with van der Waals surface area (Å²) in [6, 6.07) is 9.24. The number of para-hydroxylation sites is 1. The largest absolute Gasteiger partial charge is 0.491 e. The quantitative estimate of drug-likeness (QED) is 0.685. The lowest BCUT2D eigenvalue weighted by atomic mass is 10.1. The second-order valence-corrected chi connectivity index (χ2v) is 5.76. The van der Waals surface area contributed by atoms with E-state index in [0.717, 1.165) is 16.9 Å². The number of amides is 2. The third kappa shape index (κ3) is 5.99. The molecular weight excluding hydrogens is 320 g/mol. The third-order valence-corrected chi connectivity index (χ3v) is 3.69. The molecular formula is C19H24N2O4. The number of aryl methyl sites for hydroxylation is 2. The van der Waals surface area contributed by atoms with Crippen LogP contribution in [0.4, 0.5) is 0 Å². The van der Waals surface area contributed by atoms with Crippen LogP contribution in [0.5, 0.6) is 5.75 Å². The zero-order valence-electron chi connectivity index (χ0n) is 14.6. The Hall–Kier alpha value is -2.76. The van der Waals surface area contributed by atoms with Crippen LogP contribution in [0.2, 0.25) is 0 Å². The van der Waals surface area contributed by atoms with Crippen molar-refractivity contribution in [2.45, 2.75) is 26.7 Å². The number of furan rings is 1. The van der Waals surface area contributed by atoms with Crippen LogP contribution in [0.3, 0.4) is 0 Å². The van der Waals surface area contributed by atoms with E-state index in [2.05, 4.69) is 10.6 Å². The third-order valence-electron chi connectivity index (χ3n) is 3.69. The standard InChI is InChI=1S/C19H24N2O4/c1-14-6-3-7-15(2)18(14)25-13-11-20-17(22)9-4-10-21-19(23)16-8-5-12-24-16/h3,5-8,12H,4,9-11,13H2,1-2H3,(H,20,22)(H,21,23). The van der Waals surface area contributed by atoms with Crippen LogP contribution in [-0.2, 0) is 4.79 Å². The van der Waals surface area contributed by atoms with Crippen molar-refractivity contribution >= 4 is 11.8 Å². The summed E-state index contributed by atoms with van der Waals surface area (Å²) < 4.78 is 10.7.